The molecule has 0 saturated carbocycles. The number of methoxy groups -OCH3 is 1. The number of carbonyl (C=O) groups excluding carboxylic acids is 1. The van der Waals surface area contributed by atoms with E-state index in [4.69, 9.17) is 16.3 Å². The van der Waals surface area contributed by atoms with Gasteiger partial charge in [-0.15, -0.1) is 0 Å². The van der Waals surface area contributed by atoms with E-state index in [1.807, 2.05) is 31.2 Å². The molecule has 1 atom stereocenters. The zero-order valence-electron chi connectivity index (χ0n) is 15.1. The van der Waals surface area contributed by atoms with Gasteiger partial charge in [-0.3, -0.25) is 14.9 Å². The number of hydrogen-bond donors (Lipinski definition) is 2. The molecule has 2 rings (SSSR count). The minimum Gasteiger partial charge on any atom is -0.497 e. The monoisotopic (exact) mass is 400 g/mol. The Morgan fingerprint density at radius 1 is 1.32 bits per heavy atom. The van der Waals surface area contributed by atoms with Crippen LogP contribution in [0.5, 0.6) is 5.75 Å². The molecule has 144 valence electrons. The third-order valence-corrected chi connectivity index (χ3v) is 4.18. The molecular weight excluding hydrogens is 384 g/mol. The lowest BCUT2D eigenvalue weighted by Crippen LogP contribution is -2.18. The first-order chi connectivity index (χ1) is 13.3. The van der Waals surface area contributed by atoms with Crippen molar-refractivity contribution in [2.24, 2.45) is 0 Å². The molecule has 28 heavy (non-hydrogen) atoms. The normalized spacial score (nSPS) is 11.9. The Morgan fingerprint density at radius 2 is 2.00 bits per heavy atom. The van der Waals surface area contributed by atoms with Crippen LogP contribution in [0, 0.1) is 21.4 Å². The van der Waals surface area contributed by atoms with Crippen LogP contribution >= 0.6 is 11.6 Å². The highest BCUT2D eigenvalue weighted by atomic mass is 35.5. The van der Waals surface area contributed by atoms with Gasteiger partial charge >= 0.3 is 0 Å². The fourth-order valence-corrected chi connectivity index (χ4v) is 2.46. The number of halogens is 1. The molecule has 0 saturated heterocycles. The van der Waals surface area contributed by atoms with Gasteiger partial charge in [0.2, 0.25) is 0 Å². The Labute approximate surface area is 166 Å². The average Bonchev–Trinajstić information content (AvgIpc) is 2.69. The van der Waals surface area contributed by atoms with Gasteiger partial charge in [0.25, 0.3) is 11.6 Å². The van der Waals surface area contributed by atoms with Crippen LogP contribution < -0.4 is 15.4 Å². The van der Waals surface area contributed by atoms with Gasteiger partial charge in [-0.25, -0.2) is 0 Å². The second-order valence-corrected chi connectivity index (χ2v) is 6.12. The maximum Gasteiger partial charge on any atom is 0.289 e. The molecule has 9 heteroatoms. The van der Waals surface area contributed by atoms with Crippen LogP contribution in [-0.2, 0) is 4.79 Å². The highest BCUT2D eigenvalue weighted by molar-refractivity contribution is 6.32. The van der Waals surface area contributed by atoms with E-state index < -0.39 is 10.8 Å². The van der Waals surface area contributed by atoms with Gasteiger partial charge in [-0.05, 0) is 36.8 Å². The van der Waals surface area contributed by atoms with Crippen LogP contribution in [0.4, 0.5) is 11.4 Å². The van der Waals surface area contributed by atoms with Crippen molar-refractivity contribution in [2.45, 2.75) is 13.0 Å². The first kappa shape index (κ1) is 20.7. The van der Waals surface area contributed by atoms with E-state index in [0.717, 1.165) is 17.4 Å². The summed E-state index contributed by atoms with van der Waals surface area (Å²) in [6.07, 6.45) is 1.30. The molecule has 1 amide bonds. The highest BCUT2D eigenvalue weighted by Crippen LogP contribution is 2.27. The predicted octanol–water partition coefficient (Wildman–Crippen LogP) is 3.95. The van der Waals surface area contributed by atoms with Crippen molar-refractivity contribution in [3.63, 3.8) is 0 Å². The molecule has 0 aliphatic rings. The number of ether oxygens (including phenoxy) is 1. The van der Waals surface area contributed by atoms with Gasteiger partial charge < -0.3 is 15.4 Å². The van der Waals surface area contributed by atoms with Crippen LogP contribution in [0.25, 0.3) is 0 Å². The first-order valence-electron chi connectivity index (χ1n) is 8.11. The van der Waals surface area contributed by atoms with Gasteiger partial charge in [0.1, 0.15) is 22.4 Å². The molecule has 2 N–H and O–H groups in total. The number of nitro benzene ring substituents is 1. The lowest BCUT2D eigenvalue weighted by Gasteiger charge is -2.13. The van der Waals surface area contributed by atoms with E-state index in [9.17, 15) is 20.2 Å². The number of benzene rings is 2. The molecule has 8 nitrogen and oxygen atoms in total. The van der Waals surface area contributed by atoms with Gasteiger partial charge in [-0.2, -0.15) is 5.26 Å². The Morgan fingerprint density at radius 3 is 2.57 bits per heavy atom. The Balaban J connectivity index is 2.09. The summed E-state index contributed by atoms with van der Waals surface area (Å²) in [6, 6.07) is 12.8. The fourth-order valence-electron chi connectivity index (χ4n) is 2.27. The van der Waals surface area contributed by atoms with Crippen molar-refractivity contribution in [1.82, 2.24) is 5.32 Å². The summed E-state index contributed by atoms with van der Waals surface area (Å²) in [5.74, 6) is 0.0224. The number of rotatable bonds is 7. The third kappa shape index (κ3) is 5.22. The maximum absolute atomic E-state index is 12.3. The van der Waals surface area contributed by atoms with Crippen molar-refractivity contribution >= 4 is 28.9 Å². The number of nitrogens with zero attached hydrogens (tertiary/aromatic N) is 2. The van der Waals surface area contributed by atoms with Crippen molar-refractivity contribution < 1.29 is 14.5 Å². The molecule has 0 aliphatic heterocycles. The van der Waals surface area contributed by atoms with E-state index >= 15 is 0 Å². The lowest BCUT2D eigenvalue weighted by atomic mass is 10.1. The number of anilines is 1. The summed E-state index contributed by atoms with van der Waals surface area (Å²) in [4.78, 5) is 22.6. The third-order valence-electron chi connectivity index (χ3n) is 3.86. The zero-order valence-corrected chi connectivity index (χ0v) is 15.9. The van der Waals surface area contributed by atoms with Crippen molar-refractivity contribution in [2.75, 3.05) is 12.4 Å². The molecule has 0 fully saturated rings. The second kappa shape index (κ2) is 9.39. The molecule has 0 heterocycles. The molecule has 0 bridgehead atoms. The van der Waals surface area contributed by atoms with Crippen LogP contribution in [0.1, 0.15) is 18.5 Å². The number of nitriles is 1. The van der Waals surface area contributed by atoms with E-state index in [1.165, 1.54) is 18.3 Å². The smallest absolute Gasteiger partial charge is 0.289 e. The van der Waals surface area contributed by atoms with Crippen LogP contribution in [0.2, 0.25) is 5.02 Å². The summed E-state index contributed by atoms with van der Waals surface area (Å²) in [7, 11) is 1.58. The zero-order chi connectivity index (χ0) is 20.7. The first-order valence-corrected chi connectivity index (χ1v) is 8.49. The standard InChI is InChI=1S/C19H17ClN4O4/c1-12(13-3-6-16(28-2)7-4-13)22-11-14(10-21)19(25)23-15-5-8-17(20)18(9-15)24(26)27/h3-9,11-12,22H,1-2H3,(H,23,25)/b14-11-. The Kier molecular flexibility index (Phi) is 6.96. The molecule has 0 aromatic heterocycles. The quantitative estimate of drug-likeness (QED) is 0.314. The maximum atomic E-state index is 12.3. The molecular formula is C19H17ClN4O4. The summed E-state index contributed by atoms with van der Waals surface area (Å²) < 4.78 is 5.10. The Bertz CT molecular complexity index is 951. The minimum absolute atomic E-state index is 0.0472. The molecule has 0 spiro atoms. The summed E-state index contributed by atoms with van der Waals surface area (Å²) in [6.45, 7) is 1.87. The molecule has 0 radical (unpaired) electrons. The van der Waals surface area contributed by atoms with Gasteiger partial charge in [0.05, 0.1) is 12.0 Å². The molecule has 2 aromatic rings. The number of nitrogens with one attached hydrogen (secondary N) is 2. The average molecular weight is 401 g/mol. The lowest BCUT2D eigenvalue weighted by molar-refractivity contribution is -0.384. The van der Waals surface area contributed by atoms with Gasteiger partial charge in [0, 0.05) is 24.0 Å². The molecule has 1 unspecified atom stereocenters. The van der Waals surface area contributed by atoms with E-state index in [-0.39, 0.29) is 28.0 Å². The van der Waals surface area contributed by atoms with Crippen molar-refractivity contribution in [3.8, 4) is 11.8 Å². The minimum atomic E-state index is -0.700. The summed E-state index contributed by atoms with van der Waals surface area (Å²) >= 11 is 5.74. The number of amides is 1. The van der Waals surface area contributed by atoms with E-state index in [1.54, 1.807) is 13.2 Å². The second-order valence-electron chi connectivity index (χ2n) is 5.71. The number of carbonyl (C=O) groups is 1. The predicted molar refractivity (Wildman–Crippen MR) is 105 cm³/mol. The van der Waals surface area contributed by atoms with Crippen LogP contribution in [0.15, 0.2) is 54.2 Å². The number of nitro groups is 1. The molecule has 2 aromatic carbocycles. The Hall–Kier alpha value is -3.57. The number of hydrogen-bond acceptors (Lipinski definition) is 6. The highest BCUT2D eigenvalue weighted by Gasteiger charge is 2.16. The van der Waals surface area contributed by atoms with Gasteiger partial charge in [-0.1, -0.05) is 23.7 Å². The van der Waals surface area contributed by atoms with E-state index in [0.29, 0.717) is 0 Å². The fraction of sp³-hybridized carbons (Fsp3) is 0.158. The van der Waals surface area contributed by atoms with Crippen molar-refractivity contribution in [1.29, 1.82) is 5.26 Å². The van der Waals surface area contributed by atoms with Crippen LogP contribution in [0.3, 0.4) is 0 Å². The summed E-state index contributed by atoms with van der Waals surface area (Å²) in [5.41, 5.74) is 0.569. The van der Waals surface area contributed by atoms with Gasteiger partial charge in [0.15, 0.2) is 0 Å². The summed E-state index contributed by atoms with van der Waals surface area (Å²) in [5, 5.41) is 25.6. The van der Waals surface area contributed by atoms with E-state index in [2.05, 4.69) is 10.6 Å². The van der Waals surface area contributed by atoms with Crippen LogP contribution in [-0.4, -0.2) is 17.9 Å². The SMILES string of the molecule is COc1ccc(C(C)N/C=C(/C#N)C(=O)Nc2ccc(Cl)c([N+](=O)[O-])c2)cc1. The topological polar surface area (TPSA) is 117 Å². The largest absolute Gasteiger partial charge is 0.497 e. The van der Waals surface area contributed by atoms with Crippen molar-refractivity contribution in [3.05, 3.63) is 74.9 Å². The molecule has 0 aliphatic carbocycles.